The lowest BCUT2D eigenvalue weighted by molar-refractivity contribution is 0.660. The molecule has 0 saturated heterocycles. The number of nitrogens with zero attached hydrogens (tertiary/aromatic N) is 2. The minimum Gasteiger partial charge on any atom is -0.455 e. The van der Waals surface area contributed by atoms with E-state index in [1.807, 2.05) is 30.3 Å². The summed E-state index contributed by atoms with van der Waals surface area (Å²) in [6.45, 7) is 4.63. The third-order valence-corrected chi connectivity index (χ3v) is 10.1. The molecule has 1 aliphatic rings. The molecule has 0 aliphatic heterocycles. The van der Waals surface area contributed by atoms with E-state index in [1.54, 1.807) is 0 Å². The number of benzene rings is 7. The monoisotopic (exact) mass is 628 g/mol. The van der Waals surface area contributed by atoms with Crippen LogP contribution in [0.1, 0.15) is 30.5 Å². The van der Waals surface area contributed by atoms with Gasteiger partial charge < -0.3 is 9.32 Å². The van der Waals surface area contributed by atoms with Crippen LogP contribution in [0.3, 0.4) is 0 Å². The van der Waals surface area contributed by atoms with Crippen molar-refractivity contribution >= 4 is 39.0 Å². The highest BCUT2D eigenvalue weighted by Crippen LogP contribution is 2.55. The molecule has 0 bridgehead atoms. The highest BCUT2D eigenvalue weighted by molar-refractivity contribution is 6.09. The zero-order valence-corrected chi connectivity index (χ0v) is 27.3. The first-order valence-corrected chi connectivity index (χ1v) is 16.7. The van der Waals surface area contributed by atoms with Crippen LogP contribution in [0, 0.1) is 11.3 Å². The summed E-state index contributed by atoms with van der Waals surface area (Å²) in [7, 11) is 0. The van der Waals surface area contributed by atoms with E-state index < -0.39 is 0 Å². The van der Waals surface area contributed by atoms with Gasteiger partial charge in [0.1, 0.15) is 11.2 Å². The van der Waals surface area contributed by atoms with E-state index in [0.717, 1.165) is 61.3 Å². The molecule has 0 amide bonds. The van der Waals surface area contributed by atoms with Gasteiger partial charge in [-0.05, 0) is 88.0 Å². The number of furan rings is 1. The molecule has 8 aromatic rings. The van der Waals surface area contributed by atoms with E-state index in [-0.39, 0.29) is 5.41 Å². The van der Waals surface area contributed by atoms with Crippen molar-refractivity contribution in [3.05, 3.63) is 174 Å². The Morgan fingerprint density at radius 3 is 2.08 bits per heavy atom. The summed E-state index contributed by atoms with van der Waals surface area (Å²) >= 11 is 0. The lowest BCUT2D eigenvalue weighted by Crippen LogP contribution is -2.16. The smallest absolute Gasteiger partial charge is 0.143 e. The second-order valence-electron chi connectivity index (χ2n) is 13.3. The lowest BCUT2D eigenvalue weighted by atomic mass is 9.82. The molecule has 0 fully saturated rings. The Labute approximate surface area is 285 Å². The van der Waals surface area contributed by atoms with Crippen molar-refractivity contribution in [1.29, 1.82) is 5.26 Å². The van der Waals surface area contributed by atoms with Gasteiger partial charge in [0, 0.05) is 38.7 Å². The number of nitriles is 1. The first-order chi connectivity index (χ1) is 24.0. The Morgan fingerprint density at radius 1 is 0.551 bits per heavy atom. The molecule has 0 atom stereocenters. The van der Waals surface area contributed by atoms with E-state index in [0.29, 0.717) is 5.56 Å². The summed E-state index contributed by atoms with van der Waals surface area (Å²) in [5.74, 6) is 0. The maximum absolute atomic E-state index is 9.57. The minimum absolute atomic E-state index is 0.175. The quantitative estimate of drug-likeness (QED) is 0.190. The highest BCUT2D eigenvalue weighted by atomic mass is 16.3. The fourth-order valence-electron chi connectivity index (χ4n) is 7.69. The number of hydrogen-bond donors (Lipinski definition) is 0. The van der Waals surface area contributed by atoms with Crippen molar-refractivity contribution in [3.63, 3.8) is 0 Å². The van der Waals surface area contributed by atoms with Gasteiger partial charge in [-0.2, -0.15) is 5.26 Å². The van der Waals surface area contributed by atoms with Crippen LogP contribution in [0.25, 0.3) is 55.3 Å². The van der Waals surface area contributed by atoms with Gasteiger partial charge >= 0.3 is 0 Å². The molecule has 7 aromatic carbocycles. The van der Waals surface area contributed by atoms with Crippen LogP contribution < -0.4 is 4.90 Å². The molecule has 49 heavy (non-hydrogen) atoms. The molecular weight excluding hydrogens is 597 g/mol. The predicted molar refractivity (Wildman–Crippen MR) is 202 cm³/mol. The number of anilines is 3. The van der Waals surface area contributed by atoms with Crippen molar-refractivity contribution < 1.29 is 4.42 Å². The summed E-state index contributed by atoms with van der Waals surface area (Å²) in [5, 5.41) is 11.8. The number of rotatable bonds is 5. The molecule has 9 rings (SSSR count). The molecule has 232 valence electrons. The van der Waals surface area contributed by atoms with Gasteiger partial charge in [0.25, 0.3) is 0 Å². The van der Waals surface area contributed by atoms with Gasteiger partial charge in [-0.1, -0.05) is 117 Å². The summed E-state index contributed by atoms with van der Waals surface area (Å²) in [4.78, 5) is 2.37. The van der Waals surface area contributed by atoms with Gasteiger partial charge in [0.2, 0.25) is 0 Å². The van der Waals surface area contributed by atoms with Gasteiger partial charge in [-0.25, -0.2) is 0 Å². The summed E-state index contributed by atoms with van der Waals surface area (Å²) < 4.78 is 6.39. The van der Waals surface area contributed by atoms with Crippen molar-refractivity contribution in [3.8, 4) is 39.4 Å². The standard InChI is InChI=1S/C46H32N2O/c1-46(2)40-26-23-33(32-12-8-11-30(27-32)29-47)28-39(40)44-41(46)18-10-19-42(44)48(34-13-4-3-5-14-34)35-24-21-31(22-25-35)36-16-9-17-38-37-15-6-7-20-43(37)49-45(36)38/h3-28H,1-2H3. The van der Waals surface area contributed by atoms with Crippen molar-refractivity contribution in [2.24, 2.45) is 0 Å². The second kappa shape index (κ2) is 11.1. The van der Waals surface area contributed by atoms with Gasteiger partial charge in [0.05, 0.1) is 17.3 Å². The van der Waals surface area contributed by atoms with Crippen LogP contribution in [0.15, 0.2) is 162 Å². The fourth-order valence-corrected chi connectivity index (χ4v) is 7.69. The lowest BCUT2D eigenvalue weighted by Gasteiger charge is -2.29. The predicted octanol–water partition coefficient (Wildman–Crippen LogP) is 12.6. The zero-order chi connectivity index (χ0) is 33.1. The Hall–Kier alpha value is -6.37. The molecule has 1 aromatic heterocycles. The normalized spacial score (nSPS) is 12.8. The number of para-hydroxylation sites is 3. The third-order valence-electron chi connectivity index (χ3n) is 10.1. The Bertz CT molecular complexity index is 2590. The Balaban J connectivity index is 1.20. The summed E-state index contributed by atoms with van der Waals surface area (Å²) in [5.41, 5.74) is 15.0. The van der Waals surface area contributed by atoms with E-state index in [9.17, 15) is 5.26 Å². The summed E-state index contributed by atoms with van der Waals surface area (Å²) in [6.07, 6.45) is 0. The van der Waals surface area contributed by atoms with Crippen molar-refractivity contribution in [2.75, 3.05) is 4.90 Å². The first-order valence-electron chi connectivity index (χ1n) is 16.7. The highest BCUT2D eigenvalue weighted by Gasteiger charge is 2.38. The average Bonchev–Trinajstić information content (AvgIpc) is 3.65. The first kappa shape index (κ1) is 28.8. The molecule has 3 heteroatoms. The Morgan fingerprint density at radius 2 is 1.24 bits per heavy atom. The van der Waals surface area contributed by atoms with E-state index in [1.165, 1.54) is 22.3 Å². The zero-order valence-electron chi connectivity index (χ0n) is 27.3. The molecule has 1 heterocycles. The van der Waals surface area contributed by atoms with Crippen LogP contribution in [0.4, 0.5) is 17.1 Å². The van der Waals surface area contributed by atoms with E-state index >= 15 is 0 Å². The molecule has 0 unspecified atom stereocenters. The minimum atomic E-state index is -0.175. The molecular formula is C46H32N2O. The van der Waals surface area contributed by atoms with Crippen molar-refractivity contribution in [2.45, 2.75) is 19.3 Å². The van der Waals surface area contributed by atoms with E-state index in [4.69, 9.17) is 4.42 Å². The van der Waals surface area contributed by atoms with Gasteiger partial charge in [0.15, 0.2) is 0 Å². The maximum Gasteiger partial charge on any atom is 0.143 e. The van der Waals surface area contributed by atoms with Crippen LogP contribution in [0.2, 0.25) is 0 Å². The topological polar surface area (TPSA) is 40.2 Å². The molecule has 1 aliphatic carbocycles. The Kier molecular flexibility index (Phi) is 6.54. The molecule has 3 nitrogen and oxygen atoms in total. The average molecular weight is 629 g/mol. The largest absolute Gasteiger partial charge is 0.455 e. The molecule has 0 N–H and O–H groups in total. The van der Waals surface area contributed by atoms with Crippen LogP contribution in [-0.4, -0.2) is 0 Å². The SMILES string of the molecule is CC1(C)c2ccc(-c3cccc(C#N)c3)cc2-c2c(N(c3ccccc3)c3ccc(-c4cccc5c4oc4ccccc45)cc3)cccc21. The molecule has 0 radical (unpaired) electrons. The van der Waals surface area contributed by atoms with E-state index in [2.05, 4.69) is 152 Å². The number of hydrogen-bond acceptors (Lipinski definition) is 3. The second-order valence-corrected chi connectivity index (χ2v) is 13.3. The maximum atomic E-state index is 9.57. The van der Waals surface area contributed by atoms with Crippen molar-refractivity contribution in [1.82, 2.24) is 0 Å². The molecule has 0 saturated carbocycles. The van der Waals surface area contributed by atoms with Gasteiger partial charge in [-0.3, -0.25) is 0 Å². The third kappa shape index (κ3) is 4.57. The summed E-state index contributed by atoms with van der Waals surface area (Å²) in [6, 6.07) is 57.7. The van der Waals surface area contributed by atoms with Gasteiger partial charge in [-0.15, -0.1) is 0 Å². The molecule has 0 spiro atoms. The fraction of sp³-hybridized carbons (Fsp3) is 0.0652. The van der Waals surface area contributed by atoms with Crippen LogP contribution in [0.5, 0.6) is 0 Å². The number of fused-ring (bicyclic) bond motifs is 6. The van der Waals surface area contributed by atoms with Crippen LogP contribution in [-0.2, 0) is 5.41 Å². The van der Waals surface area contributed by atoms with Crippen LogP contribution >= 0.6 is 0 Å².